The van der Waals surface area contributed by atoms with Crippen molar-refractivity contribution in [2.45, 2.75) is 51.0 Å². The first kappa shape index (κ1) is 19.6. The van der Waals surface area contributed by atoms with Crippen LogP contribution in [0.3, 0.4) is 0 Å². The summed E-state index contributed by atoms with van der Waals surface area (Å²) >= 11 is 0. The highest BCUT2D eigenvalue weighted by Gasteiger charge is 2.35. The molecule has 1 unspecified atom stereocenters. The first-order valence-corrected chi connectivity index (χ1v) is 10.3. The number of halogens is 1. The third-order valence-corrected chi connectivity index (χ3v) is 6.77. The summed E-state index contributed by atoms with van der Waals surface area (Å²) in [7, 11) is -3.76. The fraction of sp³-hybridized carbons (Fsp3) is 0.400. The first-order valence-electron chi connectivity index (χ1n) is 8.80. The van der Waals surface area contributed by atoms with Gasteiger partial charge in [0.25, 0.3) is 0 Å². The van der Waals surface area contributed by atoms with Gasteiger partial charge in [-0.3, -0.25) is 0 Å². The molecule has 5 nitrogen and oxygen atoms in total. The van der Waals surface area contributed by atoms with Crippen molar-refractivity contribution < 1.29 is 22.7 Å². The lowest BCUT2D eigenvalue weighted by atomic mass is 9.87. The summed E-state index contributed by atoms with van der Waals surface area (Å²) < 4.78 is 46.8. The van der Waals surface area contributed by atoms with Crippen LogP contribution in [0.1, 0.15) is 35.6 Å². The van der Waals surface area contributed by atoms with E-state index in [9.17, 15) is 17.9 Å². The number of fused-ring (bicyclic) bond motifs is 1. The Labute approximate surface area is 159 Å². The Kier molecular flexibility index (Phi) is 4.94. The van der Waals surface area contributed by atoms with Crippen LogP contribution in [-0.2, 0) is 16.4 Å². The number of aromatic hydroxyl groups is 1. The van der Waals surface area contributed by atoms with E-state index in [0.717, 1.165) is 40.1 Å². The van der Waals surface area contributed by atoms with Gasteiger partial charge in [-0.1, -0.05) is 0 Å². The summed E-state index contributed by atoms with van der Waals surface area (Å²) in [5, 5.41) is 10.3. The highest BCUT2D eigenvalue weighted by atomic mass is 32.2. The SMILES string of the molecule is Cc1c(C)c2c(c(C)c1O)CCC(C)(CNS(=O)(=O)c1ccc(F)cc1)O2. The van der Waals surface area contributed by atoms with E-state index in [4.69, 9.17) is 4.74 Å². The van der Waals surface area contributed by atoms with Crippen molar-refractivity contribution in [2.24, 2.45) is 0 Å². The van der Waals surface area contributed by atoms with Crippen LogP contribution in [0, 0.1) is 26.6 Å². The molecule has 1 heterocycles. The zero-order chi connectivity index (χ0) is 20.0. The Balaban J connectivity index is 1.82. The van der Waals surface area contributed by atoms with Gasteiger partial charge in [0.2, 0.25) is 10.0 Å². The van der Waals surface area contributed by atoms with Gasteiger partial charge in [-0.25, -0.2) is 17.5 Å². The second-order valence-electron chi connectivity index (χ2n) is 7.36. The maximum Gasteiger partial charge on any atom is 0.240 e. The van der Waals surface area contributed by atoms with E-state index in [1.54, 1.807) is 0 Å². The molecule has 1 aliphatic heterocycles. The Morgan fingerprint density at radius 3 is 2.41 bits per heavy atom. The third kappa shape index (κ3) is 3.66. The van der Waals surface area contributed by atoms with Gasteiger partial charge >= 0.3 is 0 Å². The van der Waals surface area contributed by atoms with Gasteiger partial charge in [0.1, 0.15) is 22.9 Å². The minimum atomic E-state index is -3.76. The molecule has 0 saturated heterocycles. The van der Waals surface area contributed by atoms with Crippen molar-refractivity contribution in [2.75, 3.05) is 6.54 Å². The van der Waals surface area contributed by atoms with E-state index in [0.29, 0.717) is 12.8 Å². The average Bonchev–Trinajstić information content (AvgIpc) is 2.63. The summed E-state index contributed by atoms with van der Waals surface area (Å²) in [5.41, 5.74) is 2.68. The highest BCUT2D eigenvalue weighted by Crippen LogP contribution is 2.43. The van der Waals surface area contributed by atoms with Gasteiger partial charge in [0, 0.05) is 5.56 Å². The van der Waals surface area contributed by atoms with Crippen LogP contribution in [0.5, 0.6) is 11.5 Å². The molecule has 0 spiro atoms. The fourth-order valence-electron chi connectivity index (χ4n) is 3.36. The van der Waals surface area contributed by atoms with Gasteiger partial charge in [-0.2, -0.15) is 0 Å². The summed E-state index contributed by atoms with van der Waals surface area (Å²) in [5.74, 6) is 0.519. The molecule has 3 rings (SSSR count). The van der Waals surface area contributed by atoms with Crippen LogP contribution in [0.2, 0.25) is 0 Å². The van der Waals surface area contributed by atoms with E-state index >= 15 is 0 Å². The predicted molar refractivity (Wildman–Crippen MR) is 101 cm³/mol. The molecule has 1 atom stereocenters. The molecule has 0 saturated carbocycles. The van der Waals surface area contributed by atoms with Gasteiger partial charge < -0.3 is 9.84 Å². The molecular weight excluding hydrogens is 369 g/mol. The highest BCUT2D eigenvalue weighted by molar-refractivity contribution is 7.89. The maximum atomic E-state index is 13.0. The minimum absolute atomic E-state index is 0.0106. The largest absolute Gasteiger partial charge is 0.507 e. The van der Waals surface area contributed by atoms with Gasteiger partial charge in [-0.15, -0.1) is 0 Å². The monoisotopic (exact) mass is 393 g/mol. The Morgan fingerprint density at radius 1 is 1.15 bits per heavy atom. The first-order chi connectivity index (χ1) is 12.5. The predicted octanol–water partition coefficient (Wildman–Crippen LogP) is 3.52. The lowest BCUT2D eigenvalue weighted by Gasteiger charge is -2.38. The van der Waals surface area contributed by atoms with Crippen molar-refractivity contribution in [3.8, 4) is 11.5 Å². The lowest BCUT2D eigenvalue weighted by molar-refractivity contribution is 0.0686. The molecule has 2 aromatic carbocycles. The summed E-state index contributed by atoms with van der Waals surface area (Å²) in [4.78, 5) is 0.0106. The van der Waals surface area contributed by atoms with E-state index in [2.05, 4.69) is 4.72 Å². The summed E-state index contributed by atoms with van der Waals surface area (Å²) in [6.45, 7) is 7.54. The molecule has 27 heavy (non-hydrogen) atoms. The van der Waals surface area contributed by atoms with E-state index in [1.807, 2.05) is 27.7 Å². The number of nitrogens with one attached hydrogen (secondary N) is 1. The van der Waals surface area contributed by atoms with Gasteiger partial charge in [0.05, 0.1) is 11.4 Å². The molecule has 146 valence electrons. The van der Waals surface area contributed by atoms with E-state index < -0.39 is 21.4 Å². The molecule has 0 aliphatic carbocycles. The minimum Gasteiger partial charge on any atom is -0.507 e. The molecule has 0 fully saturated rings. The van der Waals surface area contributed by atoms with Crippen LogP contribution < -0.4 is 9.46 Å². The Morgan fingerprint density at radius 2 is 1.78 bits per heavy atom. The van der Waals surface area contributed by atoms with Crippen LogP contribution in [0.15, 0.2) is 29.2 Å². The zero-order valence-corrected chi connectivity index (χ0v) is 16.7. The molecule has 1 aliphatic rings. The van der Waals surface area contributed by atoms with Crippen LogP contribution in [-0.4, -0.2) is 25.7 Å². The van der Waals surface area contributed by atoms with E-state index in [-0.39, 0.29) is 17.2 Å². The molecule has 0 bridgehead atoms. The van der Waals surface area contributed by atoms with Crippen molar-refractivity contribution in [3.63, 3.8) is 0 Å². The quantitative estimate of drug-likeness (QED) is 0.833. The van der Waals surface area contributed by atoms with Gasteiger partial charge in [-0.05, 0) is 81.5 Å². The van der Waals surface area contributed by atoms with Crippen LogP contribution in [0.25, 0.3) is 0 Å². The molecule has 7 heteroatoms. The van der Waals surface area contributed by atoms with Crippen molar-refractivity contribution in [1.82, 2.24) is 4.72 Å². The second-order valence-corrected chi connectivity index (χ2v) is 9.13. The average molecular weight is 393 g/mol. The lowest BCUT2D eigenvalue weighted by Crippen LogP contribution is -2.47. The number of hydrogen-bond acceptors (Lipinski definition) is 4. The topological polar surface area (TPSA) is 75.6 Å². The second kappa shape index (κ2) is 6.80. The maximum absolute atomic E-state index is 13.0. The third-order valence-electron chi connectivity index (χ3n) is 5.35. The fourth-order valence-corrected chi connectivity index (χ4v) is 4.52. The Hall–Kier alpha value is -2.12. The van der Waals surface area contributed by atoms with Crippen molar-refractivity contribution in [3.05, 3.63) is 52.3 Å². The van der Waals surface area contributed by atoms with Gasteiger partial charge in [0.15, 0.2) is 0 Å². The van der Waals surface area contributed by atoms with Crippen LogP contribution in [0.4, 0.5) is 4.39 Å². The number of ether oxygens (including phenoxy) is 1. The molecular formula is C20H24FNO4S. The molecule has 2 N–H and O–H groups in total. The molecule has 0 aromatic heterocycles. The number of hydrogen-bond donors (Lipinski definition) is 2. The zero-order valence-electron chi connectivity index (χ0n) is 15.9. The summed E-state index contributed by atoms with van der Waals surface area (Å²) in [6.07, 6.45) is 1.29. The number of sulfonamides is 1. The summed E-state index contributed by atoms with van der Waals surface area (Å²) in [6, 6.07) is 4.70. The number of phenolic OH excluding ortho intramolecular Hbond substituents is 1. The molecule has 0 radical (unpaired) electrons. The molecule has 2 aromatic rings. The van der Waals surface area contributed by atoms with Crippen molar-refractivity contribution >= 4 is 10.0 Å². The Bertz CT molecular complexity index is 986. The number of rotatable bonds is 4. The van der Waals surface area contributed by atoms with Crippen molar-refractivity contribution in [1.29, 1.82) is 0 Å². The normalized spacial score (nSPS) is 19.4. The smallest absolute Gasteiger partial charge is 0.240 e. The van der Waals surface area contributed by atoms with E-state index in [1.165, 1.54) is 12.1 Å². The number of phenols is 1. The molecule has 0 amide bonds. The standard InChI is InChI=1S/C20H24FNO4S/c1-12-13(2)19-17(14(3)18(12)23)9-10-20(4,26-19)11-22-27(24,25)16-7-5-15(21)6-8-16/h5-8,22-23H,9-11H2,1-4H3. The number of benzene rings is 2. The van der Waals surface area contributed by atoms with Crippen LogP contribution >= 0.6 is 0 Å².